The van der Waals surface area contributed by atoms with Crippen LogP contribution in [0.1, 0.15) is 25.7 Å². The Kier molecular flexibility index (Phi) is 5.44. The number of nitrogen functional groups attached to an aromatic ring is 1. The average Bonchev–Trinajstić information content (AvgIpc) is 2.43. The summed E-state index contributed by atoms with van der Waals surface area (Å²) in [6.07, 6.45) is 2.62. The van der Waals surface area contributed by atoms with Gasteiger partial charge < -0.3 is 15.6 Å². The number of hydrogen-bond donors (Lipinski definition) is 3. The first-order valence-electron chi connectivity index (χ1n) is 7.13. The predicted molar refractivity (Wildman–Crippen MR) is 81.5 cm³/mol. The Bertz CT molecular complexity index is 545. The molecule has 1 aliphatic rings. The molecule has 1 fully saturated rings. The summed E-state index contributed by atoms with van der Waals surface area (Å²) >= 11 is 0. The molecular formula is C14H22N2O4S. The summed E-state index contributed by atoms with van der Waals surface area (Å²) in [5, 5.41) is 9.79. The van der Waals surface area contributed by atoms with Gasteiger partial charge in [-0.05, 0) is 37.1 Å². The van der Waals surface area contributed by atoms with Gasteiger partial charge in [0.15, 0.2) is 0 Å². The van der Waals surface area contributed by atoms with Crippen LogP contribution in [-0.4, -0.2) is 38.0 Å². The zero-order valence-electron chi connectivity index (χ0n) is 11.9. The van der Waals surface area contributed by atoms with Crippen LogP contribution in [0.2, 0.25) is 0 Å². The van der Waals surface area contributed by atoms with Crippen LogP contribution >= 0.6 is 0 Å². The van der Waals surface area contributed by atoms with Crippen molar-refractivity contribution in [3.63, 3.8) is 0 Å². The molecule has 0 amide bonds. The normalized spacial score (nSPS) is 22.9. The van der Waals surface area contributed by atoms with Crippen LogP contribution < -0.4 is 15.2 Å². The smallest absolute Gasteiger partial charge is 0.215 e. The molecule has 0 radical (unpaired) electrons. The molecule has 0 spiro atoms. The van der Waals surface area contributed by atoms with Crippen LogP contribution in [0.3, 0.4) is 0 Å². The topological polar surface area (TPSA) is 102 Å². The minimum Gasteiger partial charge on any atom is -0.492 e. The van der Waals surface area contributed by atoms with E-state index in [1.165, 1.54) is 0 Å². The van der Waals surface area contributed by atoms with Gasteiger partial charge in [-0.15, -0.1) is 0 Å². The van der Waals surface area contributed by atoms with E-state index >= 15 is 0 Å². The molecule has 0 heterocycles. The number of aliphatic hydroxyl groups excluding tert-OH is 1. The lowest BCUT2D eigenvalue weighted by Gasteiger charge is -2.28. The zero-order chi connectivity index (χ0) is 15.3. The first-order chi connectivity index (χ1) is 9.96. The lowest BCUT2D eigenvalue weighted by Crippen LogP contribution is -2.46. The van der Waals surface area contributed by atoms with Gasteiger partial charge in [0, 0.05) is 11.7 Å². The molecule has 2 atom stereocenters. The van der Waals surface area contributed by atoms with Gasteiger partial charge in [0.05, 0.1) is 11.9 Å². The Labute approximate surface area is 125 Å². The molecule has 0 saturated heterocycles. The van der Waals surface area contributed by atoms with Crippen molar-refractivity contribution >= 4 is 15.7 Å². The van der Waals surface area contributed by atoms with Crippen LogP contribution in [0.25, 0.3) is 0 Å². The molecule has 0 aliphatic heterocycles. The molecule has 21 heavy (non-hydrogen) atoms. The number of hydrogen-bond acceptors (Lipinski definition) is 5. The summed E-state index contributed by atoms with van der Waals surface area (Å²) in [6.45, 7) is 0.0576. The summed E-state index contributed by atoms with van der Waals surface area (Å²) in [5.41, 5.74) is 6.18. The lowest BCUT2D eigenvalue weighted by molar-refractivity contribution is 0.101. The molecule has 2 rings (SSSR count). The molecular weight excluding hydrogens is 292 g/mol. The van der Waals surface area contributed by atoms with Crippen molar-refractivity contribution in [3.05, 3.63) is 24.3 Å². The zero-order valence-corrected chi connectivity index (χ0v) is 12.7. The first kappa shape index (κ1) is 16.1. The van der Waals surface area contributed by atoms with Crippen molar-refractivity contribution in [2.24, 2.45) is 0 Å². The number of benzene rings is 1. The van der Waals surface area contributed by atoms with Crippen LogP contribution in [0.4, 0.5) is 5.69 Å². The maximum Gasteiger partial charge on any atom is 0.215 e. The fourth-order valence-electron chi connectivity index (χ4n) is 2.37. The standard InChI is InChI=1S/C14H22N2O4S/c15-11-5-7-12(8-6-11)20-9-10-21(18,19)16-13-3-1-2-4-14(13)17/h5-8,13-14,16-17H,1-4,9-10,15H2/t13-,14-/m0/s1. The second kappa shape index (κ2) is 7.11. The van der Waals surface area contributed by atoms with E-state index in [-0.39, 0.29) is 18.4 Å². The maximum absolute atomic E-state index is 12.0. The van der Waals surface area contributed by atoms with Gasteiger partial charge in [-0.25, -0.2) is 13.1 Å². The van der Waals surface area contributed by atoms with E-state index in [0.29, 0.717) is 24.3 Å². The largest absolute Gasteiger partial charge is 0.492 e. The Balaban J connectivity index is 1.79. The Morgan fingerprint density at radius 3 is 2.57 bits per heavy atom. The van der Waals surface area contributed by atoms with Gasteiger partial charge in [-0.2, -0.15) is 0 Å². The third-order valence-electron chi connectivity index (χ3n) is 3.56. The maximum atomic E-state index is 12.0. The van der Waals surface area contributed by atoms with E-state index in [2.05, 4.69) is 4.72 Å². The molecule has 0 aromatic heterocycles. The van der Waals surface area contributed by atoms with E-state index in [4.69, 9.17) is 10.5 Å². The lowest BCUT2D eigenvalue weighted by atomic mass is 9.93. The number of anilines is 1. The third kappa shape index (κ3) is 5.18. The van der Waals surface area contributed by atoms with Crippen molar-refractivity contribution in [1.82, 2.24) is 4.72 Å². The van der Waals surface area contributed by atoms with Crippen molar-refractivity contribution in [1.29, 1.82) is 0 Å². The van der Waals surface area contributed by atoms with E-state index in [1.807, 2.05) is 0 Å². The number of nitrogens with two attached hydrogens (primary N) is 1. The first-order valence-corrected chi connectivity index (χ1v) is 8.78. The molecule has 0 unspecified atom stereocenters. The molecule has 0 bridgehead atoms. The van der Waals surface area contributed by atoms with Gasteiger partial charge in [-0.1, -0.05) is 12.8 Å². The van der Waals surface area contributed by atoms with Crippen molar-refractivity contribution in [3.8, 4) is 5.75 Å². The van der Waals surface area contributed by atoms with Crippen molar-refractivity contribution in [2.75, 3.05) is 18.1 Å². The summed E-state index contributed by atoms with van der Waals surface area (Å²) < 4.78 is 31.9. The number of rotatable bonds is 6. The van der Waals surface area contributed by atoms with Crippen LogP contribution in [0, 0.1) is 0 Å². The van der Waals surface area contributed by atoms with Gasteiger partial charge in [0.1, 0.15) is 12.4 Å². The van der Waals surface area contributed by atoms with Gasteiger partial charge in [-0.3, -0.25) is 0 Å². The van der Waals surface area contributed by atoms with E-state index in [9.17, 15) is 13.5 Å². The quantitative estimate of drug-likeness (QED) is 0.676. The monoisotopic (exact) mass is 314 g/mol. The molecule has 1 aliphatic carbocycles. The fraction of sp³-hybridized carbons (Fsp3) is 0.571. The highest BCUT2D eigenvalue weighted by Gasteiger charge is 2.27. The van der Waals surface area contributed by atoms with Crippen LogP contribution in [-0.2, 0) is 10.0 Å². The van der Waals surface area contributed by atoms with Crippen molar-refractivity contribution in [2.45, 2.75) is 37.8 Å². The highest BCUT2D eigenvalue weighted by molar-refractivity contribution is 7.89. The van der Waals surface area contributed by atoms with E-state index < -0.39 is 16.1 Å². The highest BCUT2D eigenvalue weighted by Crippen LogP contribution is 2.19. The van der Waals surface area contributed by atoms with Crippen molar-refractivity contribution < 1.29 is 18.3 Å². The third-order valence-corrected chi connectivity index (χ3v) is 4.93. The van der Waals surface area contributed by atoms with Gasteiger partial charge in [0.2, 0.25) is 10.0 Å². The minimum atomic E-state index is -3.45. The summed E-state index contributed by atoms with van der Waals surface area (Å²) in [4.78, 5) is 0. The molecule has 1 saturated carbocycles. The van der Waals surface area contributed by atoms with Crippen LogP contribution in [0.5, 0.6) is 5.75 Å². The molecule has 118 valence electrons. The summed E-state index contributed by atoms with van der Waals surface area (Å²) in [5.74, 6) is 0.442. The molecule has 4 N–H and O–H groups in total. The Hall–Kier alpha value is -1.31. The second-order valence-corrected chi connectivity index (χ2v) is 7.19. The predicted octanol–water partition coefficient (Wildman–Crippen LogP) is 0.870. The number of aliphatic hydroxyl groups is 1. The molecule has 7 heteroatoms. The van der Waals surface area contributed by atoms with E-state index in [0.717, 1.165) is 12.8 Å². The minimum absolute atomic E-state index is 0.0576. The molecule has 1 aromatic rings. The number of sulfonamides is 1. The number of ether oxygens (including phenoxy) is 1. The Morgan fingerprint density at radius 1 is 1.24 bits per heavy atom. The van der Waals surface area contributed by atoms with E-state index in [1.54, 1.807) is 24.3 Å². The Morgan fingerprint density at radius 2 is 1.90 bits per heavy atom. The van der Waals surface area contributed by atoms with Crippen LogP contribution in [0.15, 0.2) is 24.3 Å². The molecule has 6 nitrogen and oxygen atoms in total. The average molecular weight is 314 g/mol. The highest BCUT2D eigenvalue weighted by atomic mass is 32.2. The second-order valence-electron chi connectivity index (χ2n) is 5.31. The summed E-state index contributed by atoms with van der Waals surface area (Å²) in [7, 11) is -3.45. The SMILES string of the molecule is Nc1ccc(OCCS(=O)(=O)N[C@H]2CCCC[C@@H]2O)cc1. The summed E-state index contributed by atoms with van der Waals surface area (Å²) in [6, 6.07) is 6.40. The molecule has 1 aromatic carbocycles. The fourth-order valence-corrected chi connectivity index (χ4v) is 3.53. The van der Waals surface area contributed by atoms with Gasteiger partial charge in [0.25, 0.3) is 0 Å². The number of nitrogens with one attached hydrogen (secondary N) is 1. The van der Waals surface area contributed by atoms with Gasteiger partial charge >= 0.3 is 0 Å².